The normalized spacial score (nSPS) is 26.9. The number of sulfonamides is 1. The number of benzene rings is 1. The first-order valence-electron chi connectivity index (χ1n) is 18.1. The first-order valence-corrected chi connectivity index (χ1v) is 21.2. The van der Waals surface area contributed by atoms with Crippen molar-refractivity contribution in [1.29, 1.82) is 0 Å². The monoisotopic (exact) mass is 844 g/mol. The molecule has 0 unspecified atom stereocenters. The number of allylic oxidation sites excluding steroid dienone is 1. The van der Waals surface area contributed by atoms with Gasteiger partial charge in [-0.05, 0) is 93.4 Å². The molecule has 4 amide bonds. The first kappa shape index (κ1) is 38.3. The minimum absolute atomic E-state index is 0.0110. The van der Waals surface area contributed by atoms with Crippen LogP contribution in [0.2, 0.25) is 0 Å². The van der Waals surface area contributed by atoms with Crippen LogP contribution in [0.4, 0.5) is 4.39 Å². The molecular weight excluding hydrogens is 803 g/mol. The van der Waals surface area contributed by atoms with Crippen LogP contribution in [0.1, 0.15) is 85.0 Å². The molecule has 54 heavy (non-hydrogen) atoms. The summed E-state index contributed by atoms with van der Waals surface area (Å²) in [5, 5.41) is 5.77. The summed E-state index contributed by atoms with van der Waals surface area (Å²) < 4.78 is 48.5. The largest absolute Gasteiger partial charge is 0.471 e. The van der Waals surface area contributed by atoms with E-state index in [0.717, 1.165) is 17.7 Å². The second-order valence-electron chi connectivity index (χ2n) is 15.0. The summed E-state index contributed by atoms with van der Waals surface area (Å²) in [6.07, 6.45) is 7.23. The number of aromatic nitrogens is 2. The number of fused-ring (bicyclic) bond motifs is 3. The van der Waals surface area contributed by atoms with Crippen LogP contribution in [0.3, 0.4) is 0 Å². The minimum Gasteiger partial charge on any atom is -0.471 e. The van der Waals surface area contributed by atoms with Gasteiger partial charge in [0.1, 0.15) is 40.8 Å². The Labute approximate surface area is 325 Å². The van der Waals surface area contributed by atoms with Gasteiger partial charge in [0.15, 0.2) is 0 Å². The topological polar surface area (TPSA) is 177 Å². The molecule has 0 radical (unpaired) electrons. The standard InChI is InChI=1S/C37H42BrFN6O7S2/c1-20-11-12-29(53-20)32(47)41-26-10-8-6-4-5-7-9-22-18-37(22,35(49)44-54(50,51)36(3)13-14-36)43-31(46)28-17-24(19-45(28)34(26)48)52-33-21(2)40-30-25(38)15-23(39)16-27(30)42-33/h7,9,11-12,15-16,22,24,26,28H,4-6,8,10,13-14,17-19H2,1-3H3,(H,41,47)(H,43,46)(H,44,49)/t22-,24-,26+,28+,37-/m1/s1. The highest BCUT2D eigenvalue weighted by Gasteiger charge is 2.63. The van der Waals surface area contributed by atoms with Gasteiger partial charge in [-0.1, -0.05) is 25.0 Å². The van der Waals surface area contributed by atoms with Crippen molar-refractivity contribution in [2.24, 2.45) is 5.92 Å². The van der Waals surface area contributed by atoms with E-state index in [1.165, 1.54) is 28.4 Å². The van der Waals surface area contributed by atoms with Crippen molar-refractivity contribution >= 4 is 72.0 Å². The van der Waals surface area contributed by atoms with Gasteiger partial charge in [0, 0.05) is 27.8 Å². The van der Waals surface area contributed by atoms with Crippen LogP contribution in [-0.2, 0) is 24.4 Å². The van der Waals surface area contributed by atoms with Crippen molar-refractivity contribution in [3.8, 4) is 5.88 Å². The Morgan fingerprint density at radius 3 is 2.63 bits per heavy atom. The molecule has 3 fully saturated rings. The molecule has 3 N–H and O–H groups in total. The van der Waals surface area contributed by atoms with E-state index in [0.29, 0.717) is 52.7 Å². The summed E-state index contributed by atoms with van der Waals surface area (Å²) in [6.45, 7) is 5.08. The molecule has 7 rings (SSSR count). The third-order valence-electron chi connectivity index (χ3n) is 10.8. The van der Waals surface area contributed by atoms with Gasteiger partial charge in [0.05, 0.1) is 21.7 Å². The number of hydrogen-bond donors (Lipinski definition) is 3. The number of thiophene rings is 1. The predicted octanol–water partition coefficient (Wildman–Crippen LogP) is 4.75. The number of aryl methyl sites for hydroxylation is 2. The van der Waals surface area contributed by atoms with E-state index in [1.54, 1.807) is 19.9 Å². The van der Waals surface area contributed by atoms with Gasteiger partial charge in [0.2, 0.25) is 27.7 Å². The van der Waals surface area contributed by atoms with E-state index in [2.05, 4.69) is 41.3 Å². The third kappa shape index (κ3) is 7.63. The fraction of sp³-hybridized carbons (Fsp3) is 0.514. The third-order valence-corrected chi connectivity index (χ3v) is 14.6. The number of carbonyl (C=O) groups is 4. The smallest absolute Gasteiger partial charge is 0.262 e. The molecule has 2 aliphatic heterocycles. The maximum Gasteiger partial charge on any atom is 0.262 e. The van der Waals surface area contributed by atoms with Gasteiger partial charge in [-0.15, -0.1) is 11.3 Å². The molecule has 0 spiro atoms. The summed E-state index contributed by atoms with van der Waals surface area (Å²) in [4.78, 5) is 67.9. The SMILES string of the molecule is Cc1ccc(C(=O)N[C@H]2CCCCCC=C[C@@H]3C[C@@]3(C(=O)NS(=O)(=O)C3(C)CC3)NC(=O)[C@@H]3C[C@@H](Oc4nc5cc(F)cc(Br)c5nc4C)CN3C2=O)s1. The maximum absolute atomic E-state index is 14.5. The molecule has 1 aromatic carbocycles. The molecule has 0 bridgehead atoms. The molecule has 4 heterocycles. The lowest BCUT2D eigenvalue weighted by Crippen LogP contribution is -2.58. The Morgan fingerprint density at radius 1 is 1.13 bits per heavy atom. The Bertz CT molecular complexity index is 2180. The van der Waals surface area contributed by atoms with Gasteiger partial charge >= 0.3 is 0 Å². The predicted molar refractivity (Wildman–Crippen MR) is 203 cm³/mol. The zero-order valence-corrected chi connectivity index (χ0v) is 33.3. The highest BCUT2D eigenvalue weighted by molar-refractivity contribution is 9.10. The van der Waals surface area contributed by atoms with Crippen LogP contribution in [0.25, 0.3) is 11.0 Å². The summed E-state index contributed by atoms with van der Waals surface area (Å²) in [7, 11) is -4.00. The van der Waals surface area contributed by atoms with Crippen LogP contribution in [0.5, 0.6) is 5.88 Å². The Morgan fingerprint density at radius 2 is 1.91 bits per heavy atom. The molecule has 5 atom stereocenters. The van der Waals surface area contributed by atoms with Crippen LogP contribution in [0, 0.1) is 25.6 Å². The number of carbonyl (C=O) groups excluding carboxylic acids is 4. The molecule has 2 saturated carbocycles. The van der Waals surface area contributed by atoms with E-state index in [9.17, 15) is 32.0 Å². The van der Waals surface area contributed by atoms with Crippen molar-refractivity contribution in [3.63, 3.8) is 0 Å². The molecule has 13 nitrogen and oxygen atoms in total. The van der Waals surface area contributed by atoms with Gasteiger partial charge in [-0.2, -0.15) is 0 Å². The van der Waals surface area contributed by atoms with E-state index in [-0.39, 0.29) is 30.8 Å². The second kappa shape index (κ2) is 14.6. The van der Waals surface area contributed by atoms with Crippen LogP contribution < -0.4 is 20.1 Å². The van der Waals surface area contributed by atoms with Crippen LogP contribution in [0.15, 0.2) is 40.9 Å². The van der Waals surface area contributed by atoms with E-state index >= 15 is 0 Å². The summed E-state index contributed by atoms with van der Waals surface area (Å²) >= 11 is 4.63. The lowest BCUT2D eigenvalue weighted by atomic mass is 10.0. The van der Waals surface area contributed by atoms with E-state index < -0.39 is 73.9 Å². The average molecular weight is 846 g/mol. The maximum atomic E-state index is 14.5. The summed E-state index contributed by atoms with van der Waals surface area (Å²) in [5.74, 6) is -3.24. The zero-order chi connectivity index (χ0) is 38.6. The molecule has 2 aliphatic carbocycles. The van der Waals surface area contributed by atoms with Crippen molar-refractivity contribution in [2.75, 3.05) is 6.54 Å². The van der Waals surface area contributed by atoms with Crippen molar-refractivity contribution in [3.05, 3.63) is 62.2 Å². The van der Waals surface area contributed by atoms with Crippen LogP contribution >= 0.6 is 27.3 Å². The number of nitrogens with one attached hydrogen (secondary N) is 3. The van der Waals surface area contributed by atoms with Crippen molar-refractivity contribution in [2.45, 2.75) is 107 Å². The second-order valence-corrected chi connectivity index (χ2v) is 19.3. The number of hydrogen-bond acceptors (Lipinski definition) is 10. The van der Waals surface area contributed by atoms with E-state index in [1.807, 2.05) is 25.1 Å². The molecule has 17 heteroatoms. The lowest BCUT2D eigenvalue weighted by Gasteiger charge is -2.30. The lowest BCUT2D eigenvalue weighted by molar-refractivity contribution is -0.141. The number of halogens is 2. The average Bonchev–Trinajstić information content (AvgIpc) is 3.91. The fourth-order valence-corrected chi connectivity index (χ4v) is 9.75. The fourth-order valence-electron chi connectivity index (χ4n) is 7.16. The Balaban J connectivity index is 1.20. The summed E-state index contributed by atoms with van der Waals surface area (Å²) in [6, 6.07) is 3.93. The van der Waals surface area contributed by atoms with E-state index in [4.69, 9.17) is 4.74 Å². The number of nitrogens with zero attached hydrogens (tertiary/aromatic N) is 3. The zero-order valence-electron chi connectivity index (χ0n) is 30.1. The molecule has 3 aromatic rings. The summed E-state index contributed by atoms with van der Waals surface area (Å²) in [5.41, 5.74) is -0.460. The van der Waals surface area contributed by atoms with Crippen molar-refractivity contribution < 1.29 is 36.7 Å². The van der Waals surface area contributed by atoms with Gasteiger partial charge in [-0.3, -0.25) is 23.9 Å². The quantitative estimate of drug-likeness (QED) is 0.284. The number of ether oxygens (including phenoxy) is 1. The Hall–Kier alpha value is -3.96. The van der Waals surface area contributed by atoms with Gasteiger partial charge in [0.25, 0.3) is 11.8 Å². The highest BCUT2D eigenvalue weighted by Crippen LogP contribution is 2.47. The minimum atomic E-state index is -4.00. The van der Waals surface area contributed by atoms with Gasteiger partial charge in [-0.25, -0.2) is 22.8 Å². The Kier molecular flexibility index (Phi) is 10.4. The molecule has 4 aliphatic rings. The van der Waals surface area contributed by atoms with Crippen LogP contribution in [-0.4, -0.2) is 81.9 Å². The highest BCUT2D eigenvalue weighted by atomic mass is 79.9. The first-order chi connectivity index (χ1) is 25.6. The van der Waals surface area contributed by atoms with Gasteiger partial charge < -0.3 is 20.3 Å². The van der Waals surface area contributed by atoms with Crippen molar-refractivity contribution in [1.82, 2.24) is 30.2 Å². The molecular formula is C37H42BrFN6O7S2. The molecule has 288 valence electrons. The molecule has 1 saturated heterocycles. The number of rotatable bonds is 7. The number of amides is 4. The molecule has 2 aromatic heterocycles.